The van der Waals surface area contributed by atoms with Gasteiger partial charge in [-0.25, -0.2) is 8.78 Å². The van der Waals surface area contributed by atoms with Crippen LogP contribution >= 0.6 is 39.1 Å². The number of rotatable bonds is 3. The highest BCUT2D eigenvalue weighted by Gasteiger charge is 2.13. The molecule has 0 bridgehead atoms. The summed E-state index contributed by atoms with van der Waals surface area (Å²) in [5, 5.41) is 12.0. The molecule has 2 nitrogen and oxygen atoms in total. The SMILES string of the molecule is N#Cc1cc(F)c(CNc2ccc(Br)c(Cl)c2Cl)c(F)c1. The van der Waals surface area contributed by atoms with E-state index in [1.165, 1.54) is 0 Å². The lowest BCUT2D eigenvalue weighted by atomic mass is 10.1. The summed E-state index contributed by atoms with van der Waals surface area (Å²) in [4.78, 5) is 0. The Kier molecular flexibility index (Phi) is 5.04. The monoisotopic (exact) mass is 390 g/mol. The number of benzene rings is 2. The molecule has 2 aromatic carbocycles. The molecular weight excluding hydrogens is 385 g/mol. The lowest BCUT2D eigenvalue weighted by molar-refractivity contribution is 0.559. The first-order valence-electron chi connectivity index (χ1n) is 5.69. The molecular formula is C14H7BrCl2F2N2. The predicted octanol–water partition coefficient (Wildman–Crippen LogP) is 5.52. The molecule has 1 N–H and O–H groups in total. The number of hydrogen-bond donors (Lipinski definition) is 1. The van der Waals surface area contributed by atoms with Gasteiger partial charge < -0.3 is 5.32 Å². The van der Waals surface area contributed by atoms with Crippen LogP contribution in [0.4, 0.5) is 14.5 Å². The zero-order valence-electron chi connectivity index (χ0n) is 10.4. The average molecular weight is 392 g/mol. The van der Waals surface area contributed by atoms with E-state index < -0.39 is 11.6 Å². The summed E-state index contributed by atoms with van der Waals surface area (Å²) in [7, 11) is 0. The molecule has 0 aliphatic rings. The molecule has 0 radical (unpaired) electrons. The minimum atomic E-state index is -0.793. The van der Waals surface area contributed by atoms with Crippen molar-refractivity contribution in [1.82, 2.24) is 0 Å². The molecule has 2 rings (SSSR count). The standard InChI is InChI=1S/C14H7BrCl2F2N2/c15-9-1-2-12(14(17)13(9)16)21-6-8-10(18)3-7(5-20)4-11(8)19/h1-4,21H,6H2. The van der Waals surface area contributed by atoms with Crippen molar-refractivity contribution < 1.29 is 8.78 Å². The van der Waals surface area contributed by atoms with E-state index >= 15 is 0 Å². The third-order valence-corrected chi connectivity index (χ3v) is 4.53. The van der Waals surface area contributed by atoms with Crippen LogP contribution in [-0.4, -0.2) is 0 Å². The maximum atomic E-state index is 13.7. The van der Waals surface area contributed by atoms with Gasteiger partial charge in [-0.1, -0.05) is 23.2 Å². The minimum Gasteiger partial charge on any atom is -0.379 e. The molecule has 0 aliphatic carbocycles. The fourth-order valence-corrected chi connectivity index (χ4v) is 2.52. The first-order chi connectivity index (χ1) is 9.93. The van der Waals surface area contributed by atoms with Gasteiger partial charge in [0.05, 0.1) is 27.4 Å². The number of nitriles is 1. The molecule has 0 aliphatic heterocycles. The van der Waals surface area contributed by atoms with Gasteiger partial charge in [-0.3, -0.25) is 0 Å². The van der Waals surface area contributed by atoms with E-state index in [9.17, 15) is 8.78 Å². The molecule has 2 aromatic rings. The quantitative estimate of drug-likeness (QED) is 0.699. The van der Waals surface area contributed by atoms with Gasteiger partial charge in [-0.2, -0.15) is 5.26 Å². The van der Waals surface area contributed by atoms with E-state index in [1.54, 1.807) is 18.2 Å². The van der Waals surface area contributed by atoms with Gasteiger partial charge in [0.1, 0.15) is 11.6 Å². The molecule has 0 saturated carbocycles. The van der Waals surface area contributed by atoms with Crippen molar-refractivity contribution in [3.8, 4) is 6.07 Å². The second kappa shape index (κ2) is 6.61. The number of halogens is 5. The zero-order valence-corrected chi connectivity index (χ0v) is 13.5. The summed E-state index contributed by atoms with van der Waals surface area (Å²) in [5.41, 5.74) is 0.204. The number of anilines is 1. The molecule has 0 fully saturated rings. The van der Waals surface area contributed by atoms with Crippen molar-refractivity contribution in [1.29, 1.82) is 5.26 Å². The van der Waals surface area contributed by atoms with Crippen LogP contribution in [0, 0.1) is 23.0 Å². The number of nitrogens with one attached hydrogen (secondary N) is 1. The van der Waals surface area contributed by atoms with Gasteiger partial charge >= 0.3 is 0 Å². The smallest absolute Gasteiger partial charge is 0.132 e. The van der Waals surface area contributed by atoms with Gasteiger partial charge in [-0.05, 0) is 40.2 Å². The van der Waals surface area contributed by atoms with Gasteiger partial charge in [-0.15, -0.1) is 0 Å². The van der Waals surface area contributed by atoms with Crippen molar-refractivity contribution in [2.24, 2.45) is 0 Å². The van der Waals surface area contributed by atoms with Crippen LogP contribution in [-0.2, 0) is 6.54 Å². The van der Waals surface area contributed by atoms with Crippen molar-refractivity contribution in [3.63, 3.8) is 0 Å². The molecule has 0 saturated heterocycles. The van der Waals surface area contributed by atoms with Gasteiger partial charge in [0.2, 0.25) is 0 Å². The fourth-order valence-electron chi connectivity index (χ4n) is 1.68. The van der Waals surface area contributed by atoms with Crippen LogP contribution in [0.2, 0.25) is 10.0 Å². The third kappa shape index (κ3) is 3.46. The first kappa shape index (κ1) is 16.0. The van der Waals surface area contributed by atoms with E-state index in [2.05, 4.69) is 21.2 Å². The second-order valence-electron chi connectivity index (χ2n) is 4.11. The van der Waals surface area contributed by atoms with Crippen LogP contribution < -0.4 is 5.32 Å². The Balaban J connectivity index is 2.25. The Morgan fingerprint density at radius 3 is 2.33 bits per heavy atom. The first-order valence-corrected chi connectivity index (χ1v) is 7.24. The maximum absolute atomic E-state index is 13.7. The van der Waals surface area contributed by atoms with E-state index in [4.69, 9.17) is 28.5 Å². The Morgan fingerprint density at radius 1 is 1.14 bits per heavy atom. The Morgan fingerprint density at radius 2 is 1.76 bits per heavy atom. The van der Waals surface area contributed by atoms with E-state index in [1.807, 2.05) is 0 Å². The zero-order chi connectivity index (χ0) is 15.6. The molecule has 0 amide bonds. The Labute approximate surface area is 138 Å². The van der Waals surface area contributed by atoms with Crippen LogP contribution in [0.15, 0.2) is 28.7 Å². The highest BCUT2D eigenvalue weighted by atomic mass is 79.9. The largest absolute Gasteiger partial charge is 0.379 e. The van der Waals surface area contributed by atoms with Crippen molar-refractivity contribution in [2.45, 2.75) is 6.54 Å². The van der Waals surface area contributed by atoms with Gasteiger partial charge in [0.15, 0.2) is 0 Å². The average Bonchev–Trinajstić information content (AvgIpc) is 2.45. The summed E-state index contributed by atoms with van der Waals surface area (Å²) in [6.45, 7) is -0.124. The molecule has 0 atom stereocenters. The molecule has 0 heterocycles. The minimum absolute atomic E-state index is 0.0709. The van der Waals surface area contributed by atoms with E-state index in [0.29, 0.717) is 15.2 Å². The summed E-state index contributed by atoms with van der Waals surface area (Å²) in [5.74, 6) is -1.59. The molecule has 21 heavy (non-hydrogen) atoms. The van der Waals surface area contributed by atoms with Gasteiger partial charge in [0.25, 0.3) is 0 Å². The maximum Gasteiger partial charge on any atom is 0.132 e. The lowest BCUT2D eigenvalue weighted by Gasteiger charge is -2.11. The van der Waals surface area contributed by atoms with Crippen LogP contribution in [0.5, 0.6) is 0 Å². The van der Waals surface area contributed by atoms with Crippen molar-refractivity contribution >= 4 is 44.8 Å². The topological polar surface area (TPSA) is 35.8 Å². The fraction of sp³-hybridized carbons (Fsp3) is 0.0714. The van der Waals surface area contributed by atoms with Crippen LogP contribution in [0.25, 0.3) is 0 Å². The van der Waals surface area contributed by atoms with E-state index in [0.717, 1.165) is 12.1 Å². The summed E-state index contributed by atoms with van der Waals surface area (Å²) < 4.78 is 28.1. The molecule has 7 heteroatoms. The molecule has 0 aromatic heterocycles. The highest BCUT2D eigenvalue weighted by Crippen LogP contribution is 2.36. The highest BCUT2D eigenvalue weighted by molar-refractivity contribution is 9.10. The summed E-state index contributed by atoms with van der Waals surface area (Å²) in [6, 6.07) is 6.96. The van der Waals surface area contributed by atoms with E-state index in [-0.39, 0.29) is 22.7 Å². The number of nitrogens with zero attached hydrogens (tertiary/aromatic N) is 1. The Hall–Kier alpha value is -1.35. The predicted molar refractivity (Wildman–Crippen MR) is 82.6 cm³/mol. The van der Waals surface area contributed by atoms with Crippen molar-refractivity contribution in [3.05, 3.63) is 61.5 Å². The van der Waals surface area contributed by atoms with Gasteiger partial charge in [0, 0.05) is 16.6 Å². The summed E-state index contributed by atoms with van der Waals surface area (Å²) >= 11 is 15.2. The molecule has 0 unspecified atom stereocenters. The Bertz CT molecular complexity index is 721. The number of hydrogen-bond acceptors (Lipinski definition) is 2. The normalized spacial score (nSPS) is 10.3. The third-order valence-electron chi connectivity index (χ3n) is 2.76. The second-order valence-corrected chi connectivity index (χ2v) is 5.72. The lowest BCUT2D eigenvalue weighted by Crippen LogP contribution is -2.06. The molecule has 0 spiro atoms. The van der Waals surface area contributed by atoms with Crippen LogP contribution in [0.3, 0.4) is 0 Å². The molecule has 108 valence electrons. The van der Waals surface area contributed by atoms with Crippen LogP contribution in [0.1, 0.15) is 11.1 Å². The summed E-state index contributed by atoms with van der Waals surface area (Å²) in [6.07, 6.45) is 0. The van der Waals surface area contributed by atoms with Crippen molar-refractivity contribution in [2.75, 3.05) is 5.32 Å².